The molecule has 0 spiro atoms. The van der Waals surface area contributed by atoms with E-state index in [1.807, 2.05) is 0 Å². The molecule has 1 heterocycles. The monoisotopic (exact) mass is 565 g/mol. The number of rotatable bonds is 9. The maximum Gasteiger partial charge on any atom is 0.269 e. The molecule has 0 aliphatic carbocycles. The van der Waals surface area contributed by atoms with Crippen molar-refractivity contribution in [3.8, 4) is 22.0 Å². The molecule has 0 bridgehead atoms. The van der Waals surface area contributed by atoms with E-state index in [4.69, 9.17) is 0 Å². The molecule has 0 atom stereocenters. The lowest BCUT2D eigenvalue weighted by atomic mass is 9.90. The van der Waals surface area contributed by atoms with E-state index >= 15 is 0 Å². The van der Waals surface area contributed by atoms with Crippen molar-refractivity contribution in [2.75, 3.05) is 0 Å². The highest BCUT2D eigenvalue weighted by molar-refractivity contribution is 7.15. The predicted octanol–water partition coefficient (Wildman–Crippen LogP) is 5.43. The molecule has 0 N–H and O–H groups in total. The molecule has 41 heavy (non-hydrogen) atoms. The third-order valence-electron chi connectivity index (χ3n) is 6.37. The zero-order valence-corrected chi connectivity index (χ0v) is 21.9. The van der Waals surface area contributed by atoms with Crippen LogP contribution in [-0.2, 0) is 0 Å². The molecule has 0 radical (unpaired) electrons. The van der Waals surface area contributed by atoms with Crippen LogP contribution in [0.1, 0.15) is 31.6 Å². The summed E-state index contributed by atoms with van der Waals surface area (Å²) in [6.45, 7) is 0. The number of para-hydroxylation sites is 1. The molecule has 10 nitrogen and oxygen atoms in total. The topological polar surface area (TPSA) is 147 Å². The van der Waals surface area contributed by atoms with Gasteiger partial charge >= 0.3 is 0 Å². The van der Waals surface area contributed by atoms with Gasteiger partial charge in [0.25, 0.3) is 16.4 Å². The summed E-state index contributed by atoms with van der Waals surface area (Å²) < 4.78 is 1.32. The lowest BCUT2D eigenvalue weighted by molar-refractivity contribution is -0.651. The Morgan fingerprint density at radius 2 is 1.10 bits per heavy atom. The van der Waals surface area contributed by atoms with Crippen molar-refractivity contribution in [3.05, 3.63) is 146 Å². The summed E-state index contributed by atoms with van der Waals surface area (Å²) >= 11 is 0.997. The average Bonchev–Trinajstić information content (AvgIpc) is 3.34. The third-order valence-corrected chi connectivity index (χ3v) is 7.61. The van der Waals surface area contributed by atoms with Crippen LogP contribution in [0.15, 0.2) is 109 Å². The smallest absolute Gasteiger partial charge is 0.269 e. The summed E-state index contributed by atoms with van der Waals surface area (Å²) in [6.07, 6.45) is 0. The van der Waals surface area contributed by atoms with Gasteiger partial charge in [0.15, 0.2) is 23.4 Å². The molecule has 11 heteroatoms. The number of nitro groups is 2. The van der Waals surface area contributed by atoms with Gasteiger partial charge in [0.2, 0.25) is 5.69 Å². The number of benzene rings is 4. The van der Waals surface area contributed by atoms with E-state index in [0.717, 1.165) is 35.6 Å². The number of hydrogen-bond donors (Lipinski definition) is 0. The van der Waals surface area contributed by atoms with E-state index in [9.17, 15) is 34.9 Å². The van der Waals surface area contributed by atoms with E-state index in [-0.39, 0.29) is 27.5 Å². The van der Waals surface area contributed by atoms with Crippen molar-refractivity contribution in [1.82, 2.24) is 0 Å². The SMILES string of the molecule is O=C(c1ccc([N+](=O)[O-])cc1)C(C(=O)c1ccc([N+](=O)[O-])cc1)c1sc(-c2ccccc2)c([O-])[n+]1-c1ccccc1. The van der Waals surface area contributed by atoms with Gasteiger partial charge in [-0.15, -0.1) is 0 Å². The fourth-order valence-corrected chi connectivity index (χ4v) is 5.60. The molecule has 0 aliphatic heterocycles. The fraction of sp³-hybridized carbons (Fsp3) is 0.0333. The second-order valence-electron chi connectivity index (χ2n) is 8.88. The summed E-state index contributed by atoms with van der Waals surface area (Å²) in [5, 5.41) is 36.3. The molecule has 0 aliphatic rings. The maximum absolute atomic E-state index is 14.0. The van der Waals surface area contributed by atoms with Crippen LogP contribution in [0.3, 0.4) is 0 Å². The Kier molecular flexibility index (Phi) is 7.44. The van der Waals surface area contributed by atoms with Gasteiger partial charge in [-0.2, -0.15) is 4.57 Å². The number of non-ortho nitro benzene ring substituents is 2. The minimum Gasteiger partial charge on any atom is -0.822 e. The molecule has 1 aromatic heterocycles. The number of Topliss-reactive ketones (excluding diaryl/α,β-unsaturated/α-hetero) is 2. The number of nitro benzene ring substituents is 2. The van der Waals surface area contributed by atoms with Crippen LogP contribution in [0.25, 0.3) is 16.1 Å². The second kappa shape index (κ2) is 11.3. The standard InChI is InChI=1S/C30H19N3O7S/c34-26(19-11-15-23(16-12-19)32(37)38)25(27(35)20-13-17-24(18-14-20)33(39)40)30-31(22-9-5-2-6-10-22)29(36)28(41-30)21-7-3-1-4-8-21/h1-18,25H. The van der Waals surface area contributed by atoms with Gasteiger partial charge in [-0.3, -0.25) is 29.8 Å². The van der Waals surface area contributed by atoms with Gasteiger partial charge in [0, 0.05) is 47.5 Å². The zero-order valence-electron chi connectivity index (χ0n) is 21.1. The highest BCUT2D eigenvalue weighted by Crippen LogP contribution is 2.38. The average molecular weight is 566 g/mol. The largest absolute Gasteiger partial charge is 0.822 e. The van der Waals surface area contributed by atoms with Gasteiger partial charge in [-0.05, 0) is 29.8 Å². The van der Waals surface area contributed by atoms with Crippen molar-refractivity contribution >= 4 is 34.3 Å². The maximum atomic E-state index is 14.0. The van der Waals surface area contributed by atoms with Crippen LogP contribution < -0.4 is 9.67 Å². The van der Waals surface area contributed by atoms with Crippen LogP contribution in [0.5, 0.6) is 5.88 Å². The first-order chi connectivity index (χ1) is 19.8. The van der Waals surface area contributed by atoms with E-state index in [1.54, 1.807) is 60.7 Å². The molecule has 5 aromatic rings. The highest BCUT2D eigenvalue weighted by Gasteiger charge is 2.41. The van der Waals surface area contributed by atoms with Crippen LogP contribution in [0, 0.1) is 20.2 Å². The summed E-state index contributed by atoms with van der Waals surface area (Å²) in [6, 6.07) is 27.1. The first-order valence-electron chi connectivity index (χ1n) is 12.2. The Bertz CT molecular complexity index is 1700. The number of carbonyl (C=O) groups is 2. The Labute approximate surface area is 236 Å². The van der Waals surface area contributed by atoms with Crippen molar-refractivity contribution in [2.24, 2.45) is 0 Å². The summed E-state index contributed by atoms with van der Waals surface area (Å²) in [5.41, 5.74) is 0.619. The number of hydrogen-bond acceptors (Lipinski definition) is 8. The van der Waals surface area contributed by atoms with Gasteiger partial charge < -0.3 is 5.11 Å². The van der Waals surface area contributed by atoms with E-state index in [2.05, 4.69) is 0 Å². The summed E-state index contributed by atoms with van der Waals surface area (Å²) in [4.78, 5) is 49.5. The minimum absolute atomic E-state index is 0.0255. The normalized spacial score (nSPS) is 10.9. The lowest BCUT2D eigenvalue weighted by Gasteiger charge is -2.13. The van der Waals surface area contributed by atoms with E-state index in [0.29, 0.717) is 16.1 Å². The molecule has 0 saturated carbocycles. The van der Waals surface area contributed by atoms with Crippen LogP contribution in [-0.4, -0.2) is 21.4 Å². The number of carbonyl (C=O) groups excluding carboxylic acids is 2. The second-order valence-corrected chi connectivity index (χ2v) is 9.91. The zero-order chi connectivity index (χ0) is 29.1. The molecule has 0 fully saturated rings. The molecule has 5 rings (SSSR count). The first kappa shape index (κ1) is 27.0. The molecular weight excluding hydrogens is 546 g/mol. The van der Waals surface area contributed by atoms with Crippen LogP contribution >= 0.6 is 11.3 Å². The van der Waals surface area contributed by atoms with Gasteiger partial charge in [-0.25, -0.2) is 0 Å². The van der Waals surface area contributed by atoms with E-state index in [1.165, 1.54) is 28.8 Å². The summed E-state index contributed by atoms with van der Waals surface area (Å²) in [7, 11) is 0. The molecular formula is C30H19N3O7S. The molecule has 0 unspecified atom stereocenters. The Morgan fingerprint density at radius 1 is 0.659 bits per heavy atom. The molecule has 0 amide bonds. The van der Waals surface area contributed by atoms with Crippen LogP contribution in [0.4, 0.5) is 11.4 Å². The number of aromatic nitrogens is 1. The molecule has 4 aromatic carbocycles. The third kappa shape index (κ3) is 5.34. The minimum atomic E-state index is -1.53. The Balaban J connectivity index is 1.73. The van der Waals surface area contributed by atoms with Gasteiger partial charge in [0.05, 0.1) is 14.7 Å². The Morgan fingerprint density at radius 3 is 1.54 bits per heavy atom. The molecule has 202 valence electrons. The predicted molar refractivity (Wildman–Crippen MR) is 148 cm³/mol. The van der Waals surface area contributed by atoms with Gasteiger partial charge in [-0.1, -0.05) is 59.9 Å². The number of thiazole rings is 1. The summed E-state index contributed by atoms with van der Waals surface area (Å²) in [5.74, 6) is -3.34. The van der Waals surface area contributed by atoms with Crippen molar-refractivity contribution in [1.29, 1.82) is 0 Å². The fourth-order valence-electron chi connectivity index (χ4n) is 4.35. The highest BCUT2D eigenvalue weighted by atomic mass is 32.1. The van der Waals surface area contributed by atoms with E-state index < -0.39 is 33.2 Å². The molecule has 0 saturated heterocycles. The first-order valence-corrected chi connectivity index (χ1v) is 13.0. The van der Waals surface area contributed by atoms with Crippen molar-refractivity contribution in [3.63, 3.8) is 0 Å². The van der Waals surface area contributed by atoms with Crippen molar-refractivity contribution < 1.29 is 29.1 Å². The van der Waals surface area contributed by atoms with Crippen molar-refractivity contribution in [2.45, 2.75) is 5.92 Å². The Hall–Kier alpha value is -5.55. The number of nitrogens with zero attached hydrogens (tertiary/aromatic N) is 3. The van der Waals surface area contributed by atoms with Gasteiger partial charge in [0.1, 0.15) is 0 Å². The van der Waals surface area contributed by atoms with Crippen LogP contribution in [0.2, 0.25) is 0 Å². The quantitative estimate of drug-likeness (QED) is 0.0761. The number of ketones is 2. The lowest BCUT2D eigenvalue weighted by Crippen LogP contribution is -2.40.